The van der Waals surface area contributed by atoms with Crippen LogP contribution in [0.5, 0.6) is 5.75 Å². The van der Waals surface area contributed by atoms with Gasteiger partial charge in [-0.05, 0) is 43.2 Å². The lowest BCUT2D eigenvalue weighted by atomic mass is 10.1. The largest absolute Gasteiger partial charge is 0.491 e. The van der Waals surface area contributed by atoms with Crippen molar-refractivity contribution >= 4 is 6.03 Å². The fourth-order valence-corrected chi connectivity index (χ4v) is 1.94. The number of ether oxygens (including phenoxy) is 1. The molecule has 0 saturated heterocycles. The highest BCUT2D eigenvalue weighted by Gasteiger charge is 2.03. The van der Waals surface area contributed by atoms with Crippen LogP contribution in [0.1, 0.15) is 16.8 Å². The van der Waals surface area contributed by atoms with Gasteiger partial charge in [0.25, 0.3) is 0 Å². The van der Waals surface area contributed by atoms with Gasteiger partial charge >= 0.3 is 6.03 Å². The maximum Gasteiger partial charge on any atom is 0.315 e. The number of amides is 2. The molecule has 0 saturated carbocycles. The van der Waals surface area contributed by atoms with Gasteiger partial charge in [-0.25, -0.2) is 4.79 Å². The second-order valence-electron chi connectivity index (χ2n) is 4.98. The van der Waals surface area contributed by atoms with Crippen molar-refractivity contribution in [2.24, 2.45) is 0 Å². The maximum atomic E-state index is 11.6. The van der Waals surface area contributed by atoms with E-state index < -0.39 is 0 Å². The quantitative estimate of drug-likeness (QED) is 0.806. The minimum absolute atomic E-state index is 0.227. The summed E-state index contributed by atoms with van der Waals surface area (Å²) in [4.78, 5) is 15.8. The molecular weight excluding hydrogens is 278 g/mol. The number of nitrogens with one attached hydrogen (secondary N) is 2. The summed E-state index contributed by atoms with van der Waals surface area (Å²) >= 11 is 0. The first-order valence-corrected chi connectivity index (χ1v) is 7.27. The molecule has 0 bridgehead atoms. The number of rotatable bonds is 6. The van der Waals surface area contributed by atoms with Crippen molar-refractivity contribution in [1.82, 2.24) is 15.6 Å². The maximum absolute atomic E-state index is 11.6. The molecule has 0 fully saturated rings. The zero-order valence-corrected chi connectivity index (χ0v) is 12.9. The number of aromatic nitrogens is 1. The second kappa shape index (κ2) is 8.02. The van der Waals surface area contributed by atoms with E-state index in [2.05, 4.69) is 15.6 Å². The summed E-state index contributed by atoms with van der Waals surface area (Å²) < 4.78 is 5.68. The molecule has 5 nitrogen and oxygen atoms in total. The van der Waals surface area contributed by atoms with Crippen LogP contribution in [0, 0.1) is 13.8 Å². The molecule has 5 heteroatoms. The molecule has 0 radical (unpaired) electrons. The van der Waals surface area contributed by atoms with Crippen molar-refractivity contribution in [2.75, 3.05) is 13.2 Å². The third kappa shape index (κ3) is 4.77. The zero-order valence-electron chi connectivity index (χ0n) is 12.9. The monoisotopic (exact) mass is 299 g/mol. The van der Waals surface area contributed by atoms with Crippen LogP contribution < -0.4 is 15.4 Å². The van der Waals surface area contributed by atoms with Gasteiger partial charge in [-0.1, -0.05) is 18.2 Å². The summed E-state index contributed by atoms with van der Waals surface area (Å²) in [6.45, 7) is 5.36. The normalized spacial score (nSPS) is 10.1. The van der Waals surface area contributed by atoms with E-state index in [1.54, 1.807) is 6.20 Å². The van der Waals surface area contributed by atoms with Gasteiger partial charge < -0.3 is 15.4 Å². The highest BCUT2D eigenvalue weighted by molar-refractivity contribution is 5.73. The third-order valence-electron chi connectivity index (χ3n) is 3.36. The standard InChI is InChI=1S/C17H21N3O2/c1-13-6-5-8-16(14(13)2)22-11-10-19-17(21)20-12-15-7-3-4-9-18-15/h3-9H,10-12H2,1-2H3,(H2,19,20,21). The predicted octanol–water partition coefficient (Wildman–Crippen LogP) is 2.58. The van der Waals surface area contributed by atoms with Crippen LogP contribution in [0.15, 0.2) is 42.6 Å². The molecule has 22 heavy (non-hydrogen) atoms. The zero-order chi connectivity index (χ0) is 15.8. The first kappa shape index (κ1) is 15.8. The Morgan fingerprint density at radius 3 is 2.77 bits per heavy atom. The SMILES string of the molecule is Cc1cccc(OCCNC(=O)NCc2ccccn2)c1C. The Balaban J connectivity index is 1.66. The fourth-order valence-electron chi connectivity index (χ4n) is 1.94. The summed E-state index contributed by atoms with van der Waals surface area (Å²) in [5, 5.41) is 5.50. The van der Waals surface area contributed by atoms with Crippen LogP contribution in [0.2, 0.25) is 0 Å². The predicted molar refractivity (Wildman–Crippen MR) is 85.9 cm³/mol. The van der Waals surface area contributed by atoms with Crippen LogP contribution in [0.25, 0.3) is 0 Å². The van der Waals surface area contributed by atoms with Gasteiger partial charge in [0.15, 0.2) is 0 Å². The average Bonchev–Trinajstić information content (AvgIpc) is 2.54. The Hall–Kier alpha value is -2.56. The molecule has 0 atom stereocenters. The molecule has 2 rings (SSSR count). The lowest BCUT2D eigenvalue weighted by molar-refractivity contribution is 0.236. The van der Waals surface area contributed by atoms with E-state index in [4.69, 9.17) is 4.74 Å². The number of urea groups is 1. The fraction of sp³-hybridized carbons (Fsp3) is 0.294. The first-order chi connectivity index (χ1) is 10.7. The van der Waals surface area contributed by atoms with Crippen LogP contribution in [-0.2, 0) is 6.54 Å². The van der Waals surface area contributed by atoms with Crippen molar-refractivity contribution in [3.8, 4) is 5.75 Å². The van der Waals surface area contributed by atoms with Crippen molar-refractivity contribution in [3.63, 3.8) is 0 Å². The number of nitrogens with zero attached hydrogens (tertiary/aromatic N) is 1. The smallest absolute Gasteiger partial charge is 0.315 e. The van der Waals surface area contributed by atoms with Crippen molar-refractivity contribution in [3.05, 3.63) is 59.4 Å². The van der Waals surface area contributed by atoms with E-state index in [9.17, 15) is 4.79 Å². The van der Waals surface area contributed by atoms with Gasteiger partial charge in [-0.3, -0.25) is 4.98 Å². The molecule has 0 spiro atoms. The van der Waals surface area contributed by atoms with Crippen molar-refractivity contribution < 1.29 is 9.53 Å². The van der Waals surface area contributed by atoms with Crippen molar-refractivity contribution in [1.29, 1.82) is 0 Å². The minimum atomic E-state index is -0.227. The van der Waals surface area contributed by atoms with E-state index in [1.807, 2.05) is 50.2 Å². The number of hydrogen-bond donors (Lipinski definition) is 2. The Morgan fingerprint density at radius 1 is 1.14 bits per heavy atom. The summed E-state index contributed by atoms with van der Waals surface area (Å²) in [5.41, 5.74) is 3.14. The summed E-state index contributed by atoms with van der Waals surface area (Å²) in [7, 11) is 0. The molecule has 0 aliphatic heterocycles. The molecule has 1 aromatic carbocycles. The molecule has 2 aromatic rings. The molecule has 1 aromatic heterocycles. The number of hydrogen-bond acceptors (Lipinski definition) is 3. The highest BCUT2D eigenvalue weighted by Crippen LogP contribution is 2.20. The van der Waals surface area contributed by atoms with Crippen LogP contribution >= 0.6 is 0 Å². The summed E-state index contributed by atoms with van der Waals surface area (Å²) in [5.74, 6) is 0.857. The molecule has 116 valence electrons. The van der Waals surface area contributed by atoms with Gasteiger partial charge in [0.1, 0.15) is 12.4 Å². The van der Waals surface area contributed by atoms with E-state index in [0.717, 1.165) is 17.0 Å². The van der Waals surface area contributed by atoms with E-state index in [-0.39, 0.29) is 6.03 Å². The third-order valence-corrected chi connectivity index (χ3v) is 3.36. The van der Waals surface area contributed by atoms with Gasteiger partial charge in [0, 0.05) is 6.20 Å². The van der Waals surface area contributed by atoms with E-state index in [0.29, 0.717) is 19.7 Å². The Kier molecular flexibility index (Phi) is 5.77. The Morgan fingerprint density at radius 2 is 2.00 bits per heavy atom. The lowest BCUT2D eigenvalue weighted by Crippen LogP contribution is -2.37. The Labute approximate surface area is 130 Å². The number of carbonyl (C=O) groups excluding carboxylic acids is 1. The molecule has 1 heterocycles. The van der Waals surface area contributed by atoms with E-state index in [1.165, 1.54) is 5.56 Å². The van der Waals surface area contributed by atoms with E-state index >= 15 is 0 Å². The average molecular weight is 299 g/mol. The molecule has 2 amide bonds. The molecule has 0 aliphatic carbocycles. The minimum Gasteiger partial charge on any atom is -0.491 e. The number of benzene rings is 1. The lowest BCUT2D eigenvalue weighted by Gasteiger charge is -2.11. The van der Waals surface area contributed by atoms with Gasteiger partial charge in [0.2, 0.25) is 0 Å². The number of aryl methyl sites for hydroxylation is 1. The second-order valence-corrected chi connectivity index (χ2v) is 4.98. The van der Waals surface area contributed by atoms with Gasteiger partial charge in [-0.15, -0.1) is 0 Å². The van der Waals surface area contributed by atoms with Gasteiger partial charge in [0.05, 0.1) is 18.8 Å². The first-order valence-electron chi connectivity index (χ1n) is 7.27. The summed E-state index contributed by atoms with van der Waals surface area (Å²) in [6.07, 6.45) is 1.70. The van der Waals surface area contributed by atoms with Crippen LogP contribution in [0.3, 0.4) is 0 Å². The number of pyridine rings is 1. The van der Waals surface area contributed by atoms with Gasteiger partial charge in [-0.2, -0.15) is 0 Å². The summed E-state index contributed by atoms with van der Waals surface area (Å²) in [6, 6.07) is 11.3. The molecule has 0 aliphatic rings. The molecule has 0 unspecified atom stereocenters. The molecular formula is C17H21N3O2. The number of carbonyl (C=O) groups is 1. The van der Waals surface area contributed by atoms with Crippen molar-refractivity contribution in [2.45, 2.75) is 20.4 Å². The molecule has 2 N–H and O–H groups in total. The van der Waals surface area contributed by atoms with Crippen LogP contribution in [0.4, 0.5) is 4.79 Å². The topological polar surface area (TPSA) is 63.2 Å². The highest BCUT2D eigenvalue weighted by atomic mass is 16.5. The Bertz CT molecular complexity index is 615. The van der Waals surface area contributed by atoms with Crippen LogP contribution in [-0.4, -0.2) is 24.2 Å².